The third-order valence-corrected chi connectivity index (χ3v) is 4.67. The Labute approximate surface area is 102 Å². The predicted molar refractivity (Wildman–Crippen MR) is 63.2 cm³/mol. The summed E-state index contributed by atoms with van der Waals surface area (Å²) in [4.78, 5) is 26.4. The van der Waals surface area contributed by atoms with Crippen LogP contribution < -0.4 is 5.32 Å². The van der Waals surface area contributed by atoms with Gasteiger partial charge < -0.3 is 10.2 Å². The van der Waals surface area contributed by atoms with Crippen molar-refractivity contribution in [2.24, 2.45) is 5.92 Å². The van der Waals surface area contributed by atoms with Crippen molar-refractivity contribution < 1.29 is 9.59 Å². The van der Waals surface area contributed by atoms with Crippen LogP contribution in [0.2, 0.25) is 0 Å². The molecule has 4 heteroatoms. The summed E-state index contributed by atoms with van der Waals surface area (Å²) in [5.41, 5.74) is -0.612. The Morgan fingerprint density at radius 2 is 1.88 bits per heavy atom. The number of amides is 2. The van der Waals surface area contributed by atoms with E-state index in [1.165, 1.54) is 0 Å². The van der Waals surface area contributed by atoms with E-state index in [9.17, 15) is 9.59 Å². The number of nitrogens with one attached hydrogen (secondary N) is 1. The number of hydrogen-bond acceptors (Lipinski definition) is 2. The second kappa shape index (κ2) is 3.24. The summed E-state index contributed by atoms with van der Waals surface area (Å²) in [6.45, 7) is 4.63. The van der Waals surface area contributed by atoms with E-state index in [0.717, 1.165) is 25.7 Å². The highest BCUT2D eigenvalue weighted by Crippen LogP contribution is 2.46. The molecule has 1 N–H and O–H groups in total. The molecule has 0 aromatic heterocycles. The highest BCUT2D eigenvalue weighted by atomic mass is 16.2. The molecule has 2 amide bonds. The van der Waals surface area contributed by atoms with E-state index >= 15 is 0 Å². The molecule has 0 bridgehead atoms. The summed E-state index contributed by atoms with van der Waals surface area (Å²) >= 11 is 0. The van der Waals surface area contributed by atoms with Gasteiger partial charge in [-0.05, 0) is 45.4 Å². The smallest absolute Gasteiger partial charge is 0.248 e. The molecule has 94 valence electrons. The van der Waals surface area contributed by atoms with Crippen LogP contribution in [0.4, 0.5) is 0 Å². The Bertz CT molecular complexity index is 385. The van der Waals surface area contributed by atoms with Gasteiger partial charge in [0.1, 0.15) is 5.54 Å². The maximum absolute atomic E-state index is 12.7. The zero-order valence-corrected chi connectivity index (χ0v) is 10.6. The Kier molecular flexibility index (Phi) is 2.11. The molecule has 3 rings (SSSR count). The first kappa shape index (κ1) is 11.1. The predicted octanol–water partition coefficient (Wildman–Crippen LogP) is 1.06. The lowest BCUT2D eigenvalue weighted by Crippen LogP contribution is -2.58. The van der Waals surface area contributed by atoms with Gasteiger partial charge in [-0.2, -0.15) is 0 Å². The average Bonchev–Trinajstić information content (AvgIpc) is 3.08. The molecule has 2 aliphatic carbocycles. The van der Waals surface area contributed by atoms with Crippen LogP contribution in [-0.2, 0) is 9.59 Å². The summed E-state index contributed by atoms with van der Waals surface area (Å²) < 4.78 is 0. The van der Waals surface area contributed by atoms with Gasteiger partial charge in [0.2, 0.25) is 11.8 Å². The van der Waals surface area contributed by atoms with Crippen molar-refractivity contribution in [3.05, 3.63) is 0 Å². The lowest BCUT2D eigenvalue weighted by Gasteiger charge is -2.35. The Morgan fingerprint density at radius 3 is 2.41 bits per heavy atom. The third-order valence-electron chi connectivity index (χ3n) is 4.67. The summed E-state index contributed by atoms with van der Waals surface area (Å²) in [5, 5.41) is 2.97. The number of carbonyl (C=O) groups excluding carboxylic acids is 2. The van der Waals surface area contributed by atoms with Crippen LogP contribution in [0.15, 0.2) is 0 Å². The van der Waals surface area contributed by atoms with Crippen LogP contribution in [0.3, 0.4) is 0 Å². The van der Waals surface area contributed by atoms with Crippen molar-refractivity contribution in [2.45, 2.75) is 57.0 Å². The fourth-order valence-electron chi connectivity index (χ4n) is 2.90. The van der Waals surface area contributed by atoms with E-state index in [0.29, 0.717) is 18.9 Å². The van der Waals surface area contributed by atoms with Gasteiger partial charge in [-0.25, -0.2) is 0 Å². The first-order valence-electron chi connectivity index (χ1n) is 6.59. The molecule has 0 spiro atoms. The van der Waals surface area contributed by atoms with Crippen LogP contribution in [0.25, 0.3) is 0 Å². The molecule has 0 radical (unpaired) electrons. The third kappa shape index (κ3) is 1.65. The van der Waals surface area contributed by atoms with Crippen molar-refractivity contribution in [1.29, 1.82) is 0 Å². The monoisotopic (exact) mass is 236 g/mol. The average molecular weight is 236 g/mol. The lowest BCUT2D eigenvalue weighted by atomic mass is 9.93. The zero-order valence-electron chi connectivity index (χ0n) is 10.6. The molecule has 1 heterocycles. The van der Waals surface area contributed by atoms with Crippen LogP contribution in [0.5, 0.6) is 0 Å². The molecule has 4 nitrogen and oxygen atoms in total. The summed E-state index contributed by atoms with van der Waals surface area (Å²) in [6, 6.07) is 0. The Morgan fingerprint density at radius 1 is 1.24 bits per heavy atom. The van der Waals surface area contributed by atoms with E-state index in [1.54, 1.807) is 0 Å². The quantitative estimate of drug-likeness (QED) is 0.779. The zero-order chi connectivity index (χ0) is 12.3. The minimum Gasteiger partial charge on any atom is -0.342 e. The van der Waals surface area contributed by atoms with Gasteiger partial charge in [-0.15, -0.1) is 0 Å². The molecule has 2 saturated carbocycles. The SMILES string of the molecule is CC1(C2CC2)NC(=O)CCN(C2(C)CC2)C1=O. The molecule has 0 aromatic rings. The lowest BCUT2D eigenvalue weighted by molar-refractivity contribution is -0.141. The van der Waals surface area contributed by atoms with Crippen LogP contribution in [-0.4, -0.2) is 34.3 Å². The fourth-order valence-corrected chi connectivity index (χ4v) is 2.90. The van der Waals surface area contributed by atoms with Crippen LogP contribution >= 0.6 is 0 Å². The highest BCUT2D eigenvalue weighted by Gasteiger charge is 2.56. The minimum absolute atomic E-state index is 0.0273. The number of hydrogen-bond donors (Lipinski definition) is 1. The van der Waals surface area contributed by atoms with E-state index < -0.39 is 5.54 Å². The topological polar surface area (TPSA) is 49.4 Å². The van der Waals surface area contributed by atoms with Gasteiger partial charge in [0.25, 0.3) is 0 Å². The van der Waals surface area contributed by atoms with Gasteiger partial charge in [0, 0.05) is 18.5 Å². The second-order valence-electron chi connectivity index (χ2n) is 6.23. The molecule has 1 aliphatic heterocycles. The number of carbonyl (C=O) groups is 2. The van der Waals surface area contributed by atoms with Crippen molar-refractivity contribution in [2.75, 3.05) is 6.54 Å². The summed E-state index contributed by atoms with van der Waals surface area (Å²) in [6.07, 6.45) is 4.73. The van der Waals surface area contributed by atoms with E-state index in [2.05, 4.69) is 12.2 Å². The number of nitrogens with zero attached hydrogens (tertiary/aromatic N) is 1. The molecule has 3 fully saturated rings. The van der Waals surface area contributed by atoms with Gasteiger partial charge in [-0.3, -0.25) is 9.59 Å². The van der Waals surface area contributed by atoms with Gasteiger partial charge in [0.05, 0.1) is 0 Å². The van der Waals surface area contributed by atoms with Crippen molar-refractivity contribution in [3.63, 3.8) is 0 Å². The summed E-state index contributed by atoms with van der Waals surface area (Å²) in [5.74, 6) is 0.521. The standard InChI is InChI=1S/C13H20N2O2/c1-12(6-7-12)15-8-5-10(16)14-13(2,11(15)17)9-3-4-9/h9H,3-8H2,1-2H3,(H,14,16). The number of rotatable bonds is 2. The van der Waals surface area contributed by atoms with Gasteiger partial charge >= 0.3 is 0 Å². The molecule has 17 heavy (non-hydrogen) atoms. The second-order valence-corrected chi connectivity index (χ2v) is 6.23. The Hall–Kier alpha value is -1.06. The molecule has 1 unspecified atom stereocenters. The van der Waals surface area contributed by atoms with Crippen molar-refractivity contribution >= 4 is 11.8 Å². The van der Waals surface area contributed by atoms with Crippen molar-refractivity contribution in [3.8, 4) is 0 Å². The minimum atomic E-state index is -0.640. The summed E-state index contributed by atoms with van der Waals surface area (Å²) in [7, 11) is 0. The molecular formula is C13H20N2O2. The Balaban J connectivity index is 1.92. The van der Waals surface area contributed by atoms with E-state index in [1.807, 2.05) is 11.8 Å². The van der Waals surface area contributed by atoms with E-state index in [-0.39, 0.29) is 17.4 Å². The molecule has 1 atom stereocenters. The first-order chi connectivity index (χ1) is 7.96. The molecule has 1 saturated heterocycles. The fraction of sp³-hybridized carbons (Fsp3) is 0.846. The maximum atomic E-state index is 12.7. The molecule has 3 aliphatic rings. The van der Waals surface area contributed by atoms with Gasteiger partial charge in [0.15, 0.2) is 0 Å². The van der Waals surface area contributed by atoms with Crippen molar-refractivity contribution in [1.82, 2.24) is 10.2 Å². The van der Waals surface area contributed by atoms with E-state index in [4.69, 9.17) is 0 Å². The molecular weight excluding hydrogens is 216 g/mol. The van der Waals surface area contributed by atoms with Crippen LogP contribution in [0, 0.1) is 5.92 Å². The van der Waals surface area contributed by atoms with Crippen LogP contribution in [0.1, 0.15) is 46.0 Å². The maximum Gasteiger partial charge on any atom is 0.248 e. The molecule has 0 aromatic carbocycles. The first-order valence-corrected chi connectivity index (χ1v) is 6.59. The van der Waals surface area contributed by atoms with Gasteiger partial charge in [-0.1, -0.05) is 0 Å². The highest BCUT2D eigenvalue weighted by molar-refractivity contribution is 5.94. The largest absolute Gasteiger partial charge is 0.342 e. The normalized spacial score (nSPS) is 36.5.